The zero-order valence-electron chi connectivity index (χ0n) is 11.6. The van der Waals surface area contributed by atoms with E-state index >= 15 is 0 Å². The quantitative estimate of drug-likeness (QED) is 0.884. The second-order valence-electron chi connectivity index (χ2n) is 3.86. The summed E-state index contributed by atoms with van der Waals surface area (Å²) < 4.78 is 32.1. The second-order valence-corrected chi connectivity index (χ2v) is 4.87. The van der Waals surface area contributed by atoms with E-state index in [2.05, 4.69) is 20.3 Å². The Balaban J connectivity index is 2.31. The maximum absolute atomic E-state index is 13.6. The lowest BCUT2D eigenvalue weighted by Gasteiger charge is -2.08. The third-order valence-corrected chi connectivity index (χ3v) is 3.20. The molecule has 0 spiro atoms. The van der Waals surface area contributed by atoms with Crippen LogP contribution in [-0.2, 0) is 0 Å². The van der Waals surface area contributed by atoms with Gasteiger partial charge >= 0.3 is 6.01 Å². The Morgan fingerprint density at radius 1 is 1.19 bits per heavy atom. The first-order valence-corrected chi connectivity index (χ1v) is 7.19. The van der Waals surface area contributed by atoms with Crippen LogP contribution in [-0.4, -0.2) is 28.1 Å². The van der Waals surface area contributed by atoms with E-state index in [1.54, 1.807) is 6.92 Å². The number of rotatable bonds is 6. The molecule has 0 saturated heterocycles. The minimum absolute atomic E-state index is 0.103. The fourth-order valence-corrected chi connectivity index (χ4v) is 2.26. The summed E-state index contributed by atoms with van der Waals surface area (Å²) in [6.45, 7) is 4.71. The van der Waals surface area contributed by atoms with Crippen LogP contribution in [0.1, 0.15) is 13.8 Å². The van der Waals surface area contributed by atoms with Gasteiger partial charge in [-0.15, -0.1) is 0 Å². The van der Waals surface area contributed by atoms with Crippen LogP contribution in [0.4, 0.5) is 14.7 Å². The SMILES string of the molecule is CCNc1nc(OCC)nc(Sc2cc(F)ccc2F)n1. The average molecular weight is 312 g/mol. The van der Waals surface area contributed by atoms with E-state index in [4.69, 9.17) is 4.74 Å². The van der Waals surface area contributed by atoms with Crippen molar-refractivity contribution in [3.8, 4) is 6.01 Å². The summed E-state index contributed by atoms with van der Waals surface area (Å²) in [5.74, 6) is -0.732. The van der Waals surface area contributed by atoms with Crippen LogP contribution in [0.25, 0.3) is 0 Å². The molecule has 2 rings (SSSR count). The maximum Gasteiger partial charge on any atom is 0.322 e. The summed E-state index contributed by atoms with van der Waals surface area (Å²) in [5, 5.41) is 3.17. The molecule has 0 aliphatic rings. The molecule has 0 atom stereocenters. The molecule has 0 radical (unpaired) electrons. The monoisotopic (exact) mass is 312 g/mol. The largest absolute Gasteiger partial charge is 0.464 e. The number of hydrogen-bond donors (Lipinski definition) is 1. The Morgan fingerprint density at radius 3 is 2.71 bits per heavy atom. The van der Waals surface area contributed by atoms with Crippen molar-refractivity contribution in [1.29, 1.82) is 0 Å². The van der Waals surface area contributed by atoms with Gasteiger partial charge in [0, 0.05) is 6.54 Å². The summed E-state index contributed by atoms with van der Waals surface area (Å²) >= 11 is 0.911. The number of nitrogens with zero attached hydrogens (tertiary/aromatic N) is 3. The molecule has 0 unspecified atom stereocenters. The highest BCUT2D eigenvalue weighted by molar-refractivity contribution is 7.99. The van der Waals surface area contributed by atoms with Crippen LogP contribution in [0.15, 0.2) is 28.3 Å². The van der Waals surface area contributed by atoms with Crippen molar-refractivity contribution < 1.29 is 13.5 Å². The lowest BCUT2D eigenvalue weighted by atomic mass is 10.3. The number of benzene rings is 1. The standard InChI is InChI=1S/C13H14F2N4OS/c1-3-16-11-17-12(20-4-2)19-13(18-11)21-10-7-8(14)5-6-9(10)15/h5-7H,3-4H2,1-2H3,(H,16,17,18,19). The molecule has 1 heterocycles. The van der Waals surface area contributed by atoms with Crippen LogP contribution in [0, 0.1) is 11.6 Å². The van der Waals surface area contributed by atoms with E-state index in [-0.39, 0.29) is 16.1 Å². The number of nitrogens with one attached hydrogen (secondary N) is 1. The summed E-state index contributed by atoms with van der Waals surface area (Å²) in [6, 6.07) is 3.36. The third-order valence-electron chi connectivity index (χ3n) is 2.30. The fourth-order valence-electron chi connectivity index (χ4n) is 1.47. The van der Waals surface area contributed by atoms with E-state index < -0.39 is 11.6 Å². The lowest BCUT2D eigenvalue weighted by Crippen LogP contribution is -2.07. The molecule has 0 fully saturated rings. The summed E-state index contributed by atoms with van der Waals surface area (Å²) in [6.07, 6.45) is 0. The molecule has 1 aromatic heterocycles. The Morgan fingerprint density at radius 2 is 2.00 bits per heavy atom. The first-order valence-electron chi connectivity index (χ1n) is 6.38. The minimum atomic E-state index is -0.537. The molecule has 1 N–H and O–H groups in total. The van der Waals surface area contributed by atoms with Crippen molar-refractivity contribution in [3.05, 3.63) is 29.8 Å². The van der Waals surface area contributed by atoms with E-state index in [9.17, 15) is 8.78 Å². The highest BCUT2D eigenvalue weighted by Crippen LogP contribution is 2.29. The normalized spacial score (nSPS) is 10.5. The first kappa shape index (κ1) is 15.4. The zero-order chi connectivity index (χ0) is 15.2. The van der Waals surface area contributed by atoms with Crippen LogP contribution < -0.4 is 10.1 Å². The minimum Gasteiger partial charge on any atom is -0.464 e. The molecule has 0 amide bonds. The number of hydrogen-bond acceptors (Lipinski definition) is 6. The molecule has 5 nitrogen and oxygen atoms in total. The van der Waals surface area contributed by atoms with Crippen LogP contribution in [0.5, 0.6) is 6.01 Å². The van der Waals surface area contributed by atoms with Crippen molar-refractivity contribution in [2.45, 2.75) is 23.9 Å². The molecule has 1 aromatic carbocycles. The Labute approximate surface area is 125 Å². The van der Waals surface area contributed by atoms with Gasteiger partial charge in [-0.1, -0.05) is 0 Å². The Hall–Kier alpha value is -1.96. The third kappa shape index (κ3) is 4.25. The molecule has 0 saturated carbocycles. The average Bonchev–Trinajstić information content (AvgIpc) is 2.43. The van der Waals surface area contributed by atoms with Gasteiger partial charge in [0.15, 0.2) is 0 Å². The number of ether oxygens (including phenoxy) is 1. The van der Waals surface area contributed by atoms with Crippen molar-refractivity contribution in [3.63, 3.8) is 0 Å². The molecular formula is C13H14F2N4OS. The molecule has 8 heteroatoms. The summed E-state index contributed by atoms with van der Waals surface area (Å²) in [5.41, 5.74) is 0. The molecule has 2 aromatic rings. The van der Waals surface area contributed by atoms with Gasteiger partial charge in [0.25, 0.3) is 0 Å². The molecule has 0 bridgehead atoms. The maximum atomic E-state index is 13.6. The smallest absolute Gasteiger partial charge is 0.322 e. The zero-order valence-corrected chi connectivity index (χ0v) is 12.4. The summed E-state index contributed by atoms with van der Waals surface area (Å²) in [7, 11) is 0. The van der Waals surface area contributed by atoms with Crippen LogP contribution in [0.2, 0.25) is 0 Å². The van der Waals surface area contributed by atoms with Crippen molar-refractivity contribution >= 4 is 17.7 Å². The topological polar surface area (TPSA) is 59.9 Å². The van der Waals surface area contributed by atoms with Gasteiger partial charge < -0.3 is 10.1 Å². The van der Waals surface area contributed by atoms with Gasteiger partial charge in [-0.05, 0) is 43.8 Å². The lowest BCUT2D eigenvalue weighted by molar-refractivity contribution is 0.308. The fraction of sp³-hybridized carbons (Fsp3) is 0.308. The van der Waals surface area contributed by atoms with E-state index in [1.807, 2.05) is 6.92 Å². The predicted molar refractivity (Wildman–Crippen MR) is 75.6 cm³/mol. The van der Waals surface area contributed by atoms with Gasteiger partial charge in [0.1, 0.15) is 11.6 Å². The molecular weight excluding hydrogens is 298 g/mol. The molecule has 0 aliphatic carbocycles. The highest BCUT2D eigenvalue weighted by atomic mass is 32.2. The Kier molecular flexibility index (Phi) is 5.26. The van der Waals surface area contributed by atoms with E-state index in [1.165, 1.54) is 0 Å². The van der Waals surface area contributed by atoms with Gasteiger partial charge in [-0.2, -0.15) is 15.0 Å². The van der Waals surface area contributed by atoms with E-state index in [0.717, 1.165) is 30.0 Å². The number of aromatic nitrogens is 3. The predicted octanol–water partition coefficient (Wildman–Crippen LogP) is 3.13. The molecule has 112 valence electrons. The summed E-state index contributed by atoms with van der Waals surface area (Å²) in [4.78, 5) is 12.4. The molecule has 0 aliphatic heterocycles. The van der Waals surface area contributed by atoms with Gasteiger partial charge in [-0.3, -0.25) is 0 Å². The van der Waals surface area contributed by atoms with Crippen molar-refractivity contribution in [2.75, 3.05) is 18.5 Å². The van der Waals surface area contributed by atoms with Gasteiger partial charge in [0.2, 0.25) is 11.1 Å². The second kappa shape index (κ2) is 7.16. The Bertz CT molecular complexity index is 603. The first-order chi connectivity index (χ1) is 10.1. The van der Waals surface area contributed by atoms with Crippen molar-refractivity contribution in [2.24, 2.45) is 0 Å². The highest BCUT2D eigenvalue weighted by Gasteiger charge is 2.12. The van der Waals surface area contributed by atoms with Crippen LogP contribution >= 0.6 is 11.8 Å². The van der Waals surface area contributed by atoms with Gasteiger partial charge in [0.05, 0.1) is 11.5 Å². The number of anilines is 1. The van der Waals surface area contributed by atoms with E-state index in [0.29, 0.717) is 19.1 Å². The van der Waals surface area contributed by atoms with Gasteiger partial charge in [-0.25, -0.2) is 8.78 Å². The number of halogens is 2. The van der Waals surface area contributed by atoms with Crippen LogP contribution in [0.3, 0.4) is 0 Å². The molecule has 21 heavy (non-hydrogen) atoms. The van der Waals surface area contributed by atoms with Crippen molar-refractivity contribution in [1.82, 2.24) is 15.0 Å².